The number of aromatic nitrogens is 4. The number of benzene rings is 2. The third kappa shape index (κ3) is 4.64. The molecule has 2 aromatic heterocycles. The summed E-state index contributed by atoms with van der Waals surface area (Å²) in [4.78, 5) is 18.7. The van der Waals surface area contributed by atoms with Crippen LogP contribution in [0.4, 0.5) is 10.8 Å². The Hall–Kier alpha value is -2.88. The molecular formula is C22H21ClN6OS2. The number of carbonyl (C=O) groups excluding carboxylic acids is 1. The molecule has 0 aliphatic carbocycles. The van der Waals surface area contributed by atoms with Crippen molar-refractivity contribution in [1.82, 2.24) is 19.9 Å². The molecule has 2 aromatic carbocycles. The van der Waals surface area contributed by atoms with Crippen molar-refractivity contribution in [3.8, 4) is 11.4 Å². The lowest BCUT2D eigenvalue weighted by Crippen LogP contribution is -2.23. The number of thiazole rings is 1. The van der Waals surface area contributed by atoms with Gasteiger partial charge in [0.05, 0.1) is 11.4 Å². The zero-order valence-corrected chi connectivity index (χ0v) is 20.1. The second kappa shape index (κ2) is 9.32. The molecule has 164 valence electrons. The highest BCUT2D eigenvalue weighted by molar-refractivity contribution is 7.98. The van der Waals surface area contributed by atoms with E-state index in [0.717, 1.165) is 28.1 Å². The molecule has 10 heteroatoms. The minimum Gasteiger partial charge on any atom is -0.335 e. The molecule has 0 saturated heterocycles. The van der Waals surface area contributed by atoms with Crippen LogP contribution in [0.25, 0.3) is 11.4 Å². The maximum absolute atomic E-state index is 12.4. The molecule has 0 radical (unpaired) electrons. The van der Waals surface area contributed by atoms with Crippen LogP contribution >= 0.6 is 34.7 Å². The topological polar surface area (TPSA) is 89.9 Å². The Morgan fingerprint density at radius 2 is 1.94 bits per heavy atom. The molecule has 0 aliphatic heterocycles. The third-order valence-corrected chi connectivity index (χ3v) is 6.86. The van der Waals surface area contributed by atoms with E-state index in [-0.39, 0.29) is 5.91 Å². The lowest BCUT2D eigenvalue weighted by molar-refractivity contribution is -0.115. The predicted molar refractivity (Wildman–Crippen MR) is 131 cm³/mol. The standard InChI is InChI=1S/C22H21ClN6OS2/c1-13-4-9-19(14(2)10-13)28(15(3)30)21-25-18(11-31-21)12-32-22-27-26-20(29(22)24)16-5-7-17(23)8-6-16/h4-11H,12,24H2,1-3H3. The first-order chi connectivity index (χ1) is 15.3. The van der Waals surface area contributed by atoms with Crippen LogP contribution in [-0.2, 0) is 10.5 Å². The number of amides is 1. The predicted octanol–water partition coefficient (Wildman–Crippen LogP) is 5.36. The van der Waals surface area contributed by atoms with E-state index in [1.54, 1.807) is 24.0 Å². The number of nitrogens with zero attached hydrogens (tertiary/aromatic N) is 5. The average molecular weight is 485 g/mol. The highest BCUT2D eigenvalue weighted by atomic mass is 35.5. The van der Waals surface area contributed by atoms with Gasteiger partial charge in [0.2, 0.25) is 11.1 Å². The fraction of sp³-hybridized carbons (Fsp3) is 0.182. The second-order valence-corrected chi connectivity index (χ2v) is 9.45. The van der Waals surface area contributed by atoms with Gasteiger partial charge in [-0.25, -0.2) is 9.66 Å². The molecule has 0 aliphatic rings. The molecule has 0 spiro atoms. The summed E-state index contributed by atoms with van der Waals surface area (Å²) in [5, 5.41) is 12.2. The fourth-order valence-electron chi connectivity index (χ4n) is 3.24. The number of hydrogen-bond donors (Lipinski definition) is 1. The maximum atomic E-state index is 12.4. The van der Waals surface area contributed by atoms with Crippen molar-refractivity contribution >= 4 is 51.4 Å². The molecule has 2 N–H and O–H groups in total. The number of nitrogens with two attached hydrogens (primary N) is 1. The molecule has 0 unspecified atom stereocenters. The lowest BCUT2D eigenvalue weighted by Gasteiger charge is -2.20. The zero-order valence-electron chi connectivity index (χ0n) is 17.7. The van der Waals surface area contributed by atoms with E-state index in [0.29, 0.717) is 26.9 Å². The maximum Gasteiger partial charge on any atom is 0.230 e. The van der Waals surface area contributed by atoms with Crippen LogP contribution in [-0.4, -0.2) is 25.8 Å². The van der Waals surface area contributed by atoms with Crippen LogP contribution < -0.4 is 10.7 Å². The third-order valence-electron chi connectivity index (χ3n) is 4.76. The van der Waals surface area contributed by atoms with Crippen LogP contribution in [0.2, 0.25) is 5.02 Å². The molecular weight excluding hydrogens is 464 g/mol. The fourth-order valence-corrected chi connectivity index (χ4v) is 5.10. The second-order valence-electron chi connectivity index (χ2n) is 7.24. The lowest BCUT2D eigenvalue weighted by atomic mass is 10.1. The largest absolute Gasteiger partial charge is 0.335 e. The Bertz CT molecular complexity index is 1270. The molecule has 7 nitrogen and oxygen atoms in total. The molecule has 0 atom stereocenters. The monoisotopic (exact) mass is 484 g/mol. The van der Waals surface area contributed by atoms with Gasteiger partial charge in [0.25, 0.3) is 0 Å². The first-order valence-corrected chi connectivity index (χ1v) is 12.0. The molecule has 0 fully saturated rings. The van der Waals surface area contributed by atoms with Gasteiger partial charge in [-0.1, -0.05) is 41.1 Å². The summed E-state index contributed by atoms with van der Waals surface area (Å²) in [6.45, 7) is 5.57. The summed E-state index contributed by atoms with van der Waals surface area (Å²) in [7, 11) is 0. The molecule has 1 amide bonds. The number of carbonyl (C=O) groups is 1. The number of nitrogen functional groups attached to an aromatic ring is 1. The van der Waals surface area contributed by atoms with Crippen LogP contribution in [0.15, 0.2) is 53.0 Å². The quantitative estimate of drug-likeness (QED) is 0.292. The number of halogens is 1. The summed E-state index contributed by atoms with van der Waals surface area (Å²) in [5.74, 6) is 7.22. The number of aryl methyl sites for hydroxylation is 2. The average Bonchev–Trinajstić information content (AvgIpc) is 3.35. The summed E-state index contributed by atoms with van der Waals surface area (Å²) in [5.41, 5.74) is 4.68. The number of anilines is 2. The first kappa shape index (κ1) is 22.3. The van der Waals surface area contributed by atoms with Gasteiger partial charge in [0.1, 0.15) is 0 Å². The molecule has 4 rings (SSSR count). The van der Waals surface area contributed by atoms with E-state index in [1.807, 2.05) is 43.5 Å². The number of rotatable bonds is 6. The van der Waals surface area contributed by atoms with Crippen molar-refractivity contribution in [2.45, 2.75) is 31.7 Å². The van der Waals surface area contributed by atoms with Crippen molar-refractivity contribution in [1.29, 1.82) is 0 Å². The van der Waals surface area contributed by atoms with E-state index in [9.17, 15) is 4.79 Å². The van der Waals surface area contributed by atoms with E-state index >= 15 is 0 Å². The zero-order chi connectivity index (χ0) is 22.8. The van der Waals surface area contributed by atoms with Crippen molar-refractivity contribution in [2.75, 3.05) is 10.7 Å². The van der Waals surface area contributed by atoms with Crippen LogP contribution in [0.5, 0.6) is 0 Å². The van der Waals surface area contributed by atoms with Crippen molar-refractivity contribution in [3.63, 3.8) is 0 Å². The van der Waals surface area contributed by atoms with Gasteiger partial charge in [0, 0.05) is 28.6 Å². The minimum absolute atomic E-state index is 0.0835. The molecule has 0 saturated carbocycles. The molecule has 32 heavy (non-hydrogen) atoms. The molecule has 2 heterocycles. The highest BCUT2D eigenvalue weighted by Crippen LogP contribution is 2.33. The number of thioether (sulfide) groups is 1. The summed E-state index contributed by atoms with van der Waals surface area (Å²) >= 11 is 8.81. The summed E-state index contributed by atoms with van der Waals surface area (Å²) in [6.07, 6.45) is 0. The van der Waals surface area contributed by atoms with Crippen LogP contribution in [0, 0.1) is 13.8 Å². The van der Waals surface area contributed by atoms with Crippen molar-refractivity contribution < 1.29 is 4.79 Å². The smallest absolute Gasteiger partial charge is 0.230 e. The normalized spacial score (nSPS) is 11.0. The van der Waals surface area contributed by atoms with Gasteiger partial charge in [-0.15, -0.1) is 21.5 Å². The van der Waals surface area contributed by atoms with Gasteiger partial charge in [-0.2, -0.15) is 0 Å². The van der Waals surface area contributed by atoms with Gasteiger partial charge in [0.15, 0.2) is 11.0 Å². The van der Waals surface area contributed by atoms with Crippen LogP contribution in [0.3, 0.4) is 0 Å². The van der Waals surface area contributed by atoms with E-state index in [1.165, 1.54) is 27.8 Å². The molecule has 4 aromatic rings. The summed E-state index contributed by atoms with van der Waals surface area (Å²) < 4.78 is 1.46. The highest BCUT2D eigenvalue weighted by Gasteiger charge is 2.20. The Balaban J connectivity index is 1.51. The van der Waals surface area contributed by atoms with E-state index in [4.69, 9.17) is 17.4 Å². The minimum atomic E-state index is -0.0835. The van der Waals surface area contributed by atoms with Crippen LogP contribution in [0.1, 0.15) is 23.7 Å². The Morgan fingerprint density at radius 1 is 1.19 bits per heavy atom. The Morgan fingerprint density at radius 3 is 2.62 bits per heavy atom. The Kier molecular flexibility index (Phi) is 6.50. The Labute approximate surface area is 199 Å². The van der Waals surface area contributed by atoms with Crippen molar-refractivity contribution in [3.05, 3.63) is 69.7 Å². The first-order valence-electron chi connectivity index (χ1n) is 9.75. The summed E-state index contributed by atoms with van der Waals surface area (Å²) in [6, 6.07) is 13.3. The van der Waals surface area contributed by atoms with Gasteiger partial charge in [-0.3, -0.25) is 9.69 Å². The van der Waals surface area contributed by atoms with Gasteiger partial charge >= 0.3 is 0 Å². The SMILES string of the molecule is CC(=O)N(c1nc(CSc2nnc(-c3ccc(Cl)cc3)n2N)cs1)c1ccc(C)cc1C. The van der Waals surface area contributed by atoms with E-state index < -0.39 is 0 Å². The van der Waals surface area contributed by atoms with Gasteiger partial charge < -0.3 is 5.84 Å². The molecule has 0 bridgehead atoms. The number of hydrogen-bond acceptors (Lipinski definition) is 7. The van der Waals surface area contributed by atoms with Crippen molar-refractivity contribution in [2.24, 2.45) is 0 Å². The van der Waals surface area contributed by atoms with E-state index in [2.05, 4.69) is 21.2 Å². The van der Waals surface area contributed by atoms with Gasteiger partial charge in [-0.05, 0) is 49.7 Å².